The zero-order chi connectivity index (χ0) is 25.9. The Hall–Kier alpha value is -3.78. The summed E-state index contributed by atoms with van der Waals surface area (Å²) in [6.07, 6.45) is -14.0. The fourth-order valence-electron chi connectivity index (χ4n) is 2.64. The Morgan fingerprint density at radius 2 is 1.31 bits per heavy atom. The van der Waals surface area contributed by atoms with Gasteiger partial charge >= 0.3 is 24.5 Å². The Morgan fingerprint density at radius 3 is 1.94 bits per heavy atom. The average molecular weight is 511 g/mol. The van der Waals surface area contributed by atoms with Gasteiger partial charge in [-0.3, -0.25) is 0 Å². The lowest BCUT2D eigenvalue weighted by Gasteiger charge is -2.13. The van der Waals surface area contributed by atoms with E-state index >= 15 is 0 Å². The number of halogens is 9. The Labute approximate surface area is 191 Å². The third kappa shape index (κ3) is 7.89. The van der Waals surface area contributed by atoms with Gasteiger partial charge in [-0.05, 0) is 35.9 Å². The van der Waals surface area contributed by atoms with E-state index < -0.39 is 54.2 Å². The molecule has 35 heavy (non-hydrogen) atoms. The molecule has 0 saturated heterocycles. The van der Waals surface area contributed by atoms with Gasteiger partial charge in [0.05, 0.1) is 11.1 Å². The third-order valence-electron chi connectivity index (χ3n) is 4.13. The van der Waals surface area contributed by atoms with E-state index in [1.54, 1.807) is 0 Å². The third-order valence-corrected chi connectivity index (χ3v) is 4.13. The first-order valence-electron chi connectivity index (χ1n) is 9.49. The average Bonchev–Trinajstić information content (AvgIpc) is 2.75. The van der Waals surface area contributed by atoms with Gasteiger partial charge in [-0.15, -0.1) is 0 Å². The molecule has 0 unspecified atom stereocenters. The van der Waals surface area contributed by atoms with Crippen molar-refractivity contribution < 1.29 is 44.3 Å². The van der Waals surface area contributed by atoms with Crippen molar-refractivity contribution in [1.82, 2.24) is 15.0 Å². The van der Waals surface area contributed by atoms with Crippen LogP contribution in [0.25, 0.3) is 0 Å². The van der Waals surface area contributed by atoms with E-state index in [-0.39, 0.29) is 17.8 Å². The summed E-state index contributed by atoms with van der Waals surface area (Å²) in [6, 6.07) is 7.22. The van der Waals surface area contributed by atoms with Gasteiger partial charge < -0.3 is 15.4 Å². The summed E-state index contributed by atoms with van der Waals surface area (Å²) in [4.78, 5) is 11.1. The van der Waals surface area contributed by atoms with Crippen molar-refractivity contribution in [2.24, 2.45) is 0 Å². The van der Waals surface area contributed by atoms with E-state index in [2.05, 4.69) is 30.3 Å². The second-order valence-electron chi connectivity index (χ2n) is 6.92. The number of nitrogens with one attached hydrogen (secondary N) is 2. The Kier molecular flexibility index (Phi) is 7.26. The Balaban J connectivity index is 1.85. The van der Waals surface area contributed by atoms with Crippen molar-refractivity contribution in [3.05, 3.63) is 65.2 Å². The lowest BCUT2D eigenvalue weighted by atomic mass is 10.1. The van der Waals surface area contributed by atoms with Crippen LogP contribution in [0.3, 0.4) is 0 Å². The largest absolute Gasteiger partial charge is 0.454 e. The summed E-state index contributed by atoms with van der Waals surface area (Å²) in [6.45, 7) is -2.04. The predicted octanol–water partition coefficient (Wildman–Crippen LogP) is 6.21. The molecule has 2 N–H and O–H groups in total. The second kappa shape index (κ2) is 9.84. The molecule has 1 aromatic heterocycles. The first-order valence-corrected chi connectivity index (χ1v) is 9.49. The van der Waals surface area contributed by atoms with Crippen molar-refractivity contribution >= 4 is 17.6 Å². The van der Waals surface area contributed by atoms with Crippen LogP contribution in [0.4, 0.5) is 57.1 Å². The van der Waals surface area contributed by atoms with E-state index in [0.717, 1.165) is 36.4 Å². The van der Waals surface area contributed by atoms with Gasteiger partial charge in [0.1, 0.15) is 0 Å². The highest BCUT2D eigenvalue weighted by Crippen LogP contribution is 2.32. The molecule has 0 aliphatic carbocycles. The standard InChI is InChI=1S/C20H14F9N5O/c21-18(22,23)10-35-17-33-15(30-9-11-3-1-4-12(7-11)19(24,25)26)32-16(34-17)31-14-6-2-5-13(8-14)20(27,28)29/h1-8H,9-10H2,(H2,30,31,32,33,34). The number of hydrogen-bond donors (Lipinski definition) is 2. The lowest BCUT2D eigenvalue weighted by molar-refractivity contribution is -0.154. The molecule has 0 amide bonds. The summed E-state index contributed by atoms with van der Waals surface area (Å²) < 4.78 is 120. The number of nitrogens with zero attached hydrogens (tertiary/aromatic N) is 3. The first-order chi connectivity index (χ1) is 16.2. The molecule has 188 valence electrons. The van der Waals surface area contributed by atoms with Crippen molar-refractivity contribution in [3.63, 3.8) is 0 Å². The second-order valence-corrected chi connectivity index (χ2v) is 6.92. The molecule has 15 heteroatoms. The molecule has 0 fully saturated rings. The molecule has 1 heterocycles. The summed E-state index contributed by atoms with van der Waals surface area (Å²) >= 11 is 0. The number of ether oxygens (including phenoxy) is 1. The molecule has 0 aliphatic rings. The molecule has 0 bridgehead atoms. The van der Waals surface area contributed by atoms with Gasteiger partial charge in [-0.1, -0.05) is 18.2 Å². The number of aromatic nitrogens is 3. The zero-order valence-corrected chi connectivity index (χ0v) is 17.2. The van der Waals surface area contributed by atoms with Gasteiger partial charge in [0.25, 0.3) is 0 Å². The van der Waals surface area contributed by atoms with E-state index in [9.17, 15) is 39.5 Å². The molecule has 6 nitrogen and oxygen atoms in total. The minimum atomic E-state index is -4.74. The number of hydrogen-bond acceptors (Lipinski definition) is 6. The van der Waals surface area contributed by atoms with Gasteiger partial charge in [0, 0.05) is 12.2 Å². The Morgan fingerprint density at radius 1 is 0.714 bits per heavy atom. The highest BCUT2D eigenvalue weighted by molar-refractivity contribution is 5.56. The SMILES string of the molecule is FC(F)(F)COc1nc(NCc2cccc(C(F)(F)F)c2)nc(Nc2cccc(C(F)(F)F)c2)n1. The first kappa shape index (κ1) is 25.8. The van der Waals surface area contributed by atoms with Crippen LogP contribution < -0.4 is 15.4 Å². The maximum absolute atomic E-state index is 12.9. The highest BCUT2D eigenvalue weighted by atomic mass is 19.4. The van der Waals surface area contributed by atoms with Crippen LogP contribution in [0.2, 0.25) is 0 Å². The highest BCUT2D eigenvalue weighted by Gasteiger charge is 2.32. The lowest BCUT2D eigenvalue weighted by Crippen LogP contribution is -2.21. The summed E-state index contributed by atoms with van der Waals surface area (Å²) in [7, 11) is 0. The predicted molar refractivity (Wildman–Crippen MR) is 105 cm³/mol. The number of alkyl halides is 9. The summed E-state index contributed by atoms with van der Waals surface area (Å²) in [5, 5.41) is 4.94. The van der Waals surface area contributed by atoms with Crippen molar-refractivity contribution in [3.8, 4) is 6.01 Å². The summed E-state index contributed by atoms with van der Waals surface area (Å²) in [5.74, 6) is -0.868. The molecule has 0 saturated carbocycles. The van der Waals surface area contributed by atoms with Gasteiger partial charge in [-0.2, -0.15) is 54.5 Å². The number of anilines is 3. The normalized spacial score (nSPS) is 12.4. The smallest absolute Gasteiger partial charge is 0.422 e. The van der Waals surface area contributed by atoms with Crippen LogP contribution in [-0.2, 0) is 18.9 Å². The van der Waals surface area contributed by atoms with Crippen molar-refractivity contribution in [2.75, 3.05) is 17.2 Å². The topological polar surface area (TPSA) is 72.0 Å². The quantitative estimate of drug-likeness (QED) is 0.368. The van der Waals surface area contributed by atoms with Crippen LogP contribution >= 0.6 is 0 Å². The van der Waals surface area contributed by atoms with Crippen LogP contribution in [0, 0.1) is 0 Å². The fraction of sp³-hybridized carbons (Fsp3) is 0.250. The number of benzene rings is 2. The van der Waals surface area contributed by atoms with Crippen LogP contribution in [-0.4, -0.2) is 27.7 Å². The summed E-state index contributed by atoms with van der Waals surface area (Å²) in [5.41, 5.74) is -1.93. The van der Waals surface area contributed by atoms with E-state index in [1.807, 2.05) is 0 Å². The molecule has 0 radical (unpaired) electrons. The van der Waals surface area contributed by atoms with Gasteiger partial charge in [0.15, 0.2) is 6.61 Å². The molecular formula is C20H14F9N5O. The van der Waals surface area contributed by atoms with Crippen molar-refractivity contribution in [2.45, 2.75) is 25.1 Å². The van der Waals surface area contributed by atoms with E-state index in [4.69, 9.17) is 0 Å². The zero-order valence-electron chi connectivity index (χ0n) is 17.2. The maximum Gasteiger partial charge on any atom is 0.422 e. The molecule has 0 aliphatic heterocycles. The fourth-order valence-corrected chi connectivity index (χ4v) is 2.64. The van der Waals surface area contributed by atoms with Crippen LogP contribution in [0.1, 0.15) is 16.7 Å². The molecule has 3 aromatic rings. The maximum atomic E-state index is 12.9. The van der Waals surface area contributed by atoms with Gasteiger partial charge in [0.2, 0.25) is 11.9 Å². The van der Waals surface area contributed by atoms with Crippen LogP contribution in [0.5, 0.6) is 6.01 Å². The Bertz CT molecular complexity index is 1160. The van der Waals surface area contributed by atoms with E-state index in [1.165, 1.54) is 12.1 Å². The van der Waals surface area contributed by atoms with Crippen LogP contribution in [0.15, 0.2) is 48.5 Å². The minimum Gasteiger partial charge on any atom is -0.454 e. The van der Waals surface area contributed by atoms with Crippen molar-refractivity contribution in [1.29, 1.82) is 0 Å². The molecule has 0 spiro atoms. The monoisotopic (exact) mass is 511 g/mol. The molecular weight excluding hydrogens is 497 g/mol. The molecule has 3 rings (SSSR count). The van der Waals surface area contributed by atoms with Gasteiger partial charge in [-0.25, -0.2) is 0 Å². The number of rotatable bonds is 7. The molecule has 2 aromatic carbocycles. The molecule has 0 atom stereocenters. The van der Waals surface area contributed by atoms with E-state index in [0.29, 0.717) is 0 Å². The minimum absolute atomic E-state index is 0.142.